The molecule has 124 valence electrons. The molecule has 0 unspecified atom stereocenters. The van der Waals surface area contributed by atoms with Crippen LogP contribution in [-0.2, 0) is 0 Å². The summed E-state index contributed by atoms with van der Waals surface area (Å²) in [5.41, 5.74) is 1.61. The molecule has 0 radical (unpaired) electrons. The highest BCUT2D eigenvalue weighted by atomic mass is 35.5. The van der Waals surface area contributed by atoms with Gasteiger partial charge >= 0.3 is 0 Å². The van der Waals surface area contributed by atoms with Crippen LogP contribution in [0.4, 0.5) is 0 Å². The van der Waals surface area contributed by atoms with Crippen molar-refractivity contribution in [1.82, 2.24) is 20.7 Å². The zero-order valence-electron chi connectivity index (χ0n) is 12.8. The maximum Gasteiger partial charge on any atom is 0.289 e. The number of benzene rings is 1. The van der Waals surface area contributed by atoms with Gasteiger partial charge in [0.1, 0.15) is 5.69 Å². The van der Waals surface area contributed by atoms with Crippen molar-refractivity contribution in [2.24, 2.45) is 0 Å². The zero-order chi connectivity index (χ0) is 15.2. The lowest BCUT2D eigenvalue weighted by Gasteiger charge is -2.26. The Morgan fingerprint density at radius 2 is 2.00 bits per heavy atom. The number of nitrogens with one attached hydrogen (secondary N) is 2. The molecule has 6 nitrogen and oxygen atoms in total. The van der Waals surface area contributed by atoms with Crippen molar-refractivity contribution < 1.29 is 9.32 Å². The largest absolute Gasteiger partial charge is 0.350 e. The van der Waals surface area contributed by atoms with Gasteiger partial charge in [0.15, 0.2) is 0 Å². The molecule has 7 heteroatoms. The first-order valence-corrected chi connectivity index (χ1v) is 7.56. The third kappa shape index (κ3) is 4.79. The van der Waals surface area contributed by atoms with E-state index in [1.807, 2.05) is 30.3 Å². The number of carbonyl (C=O) groups is 1. The number of hydrogen-bond donors (Lipinski definition) is 2. The SMILES string of the molecule is Cl.O=C(NCCN1CCNCC1)c1cc(-c2ccccc2)no1. The van der Waals surface area contributed by atoms with E-state index < -0.39 is 0 Å². The van der Waals surface area contributed by atoms with Gasteiger partial charge in [-0.2, -0.15) is 0 Å². The quantitative estimate of drug-likeness (QED) is 0.863. The van der Waals surface area contributed by atoms with Gasteiger partial charge in [0, 0.05) is 50.9 Å². The first-order valence-electron chi connectivity index (χ1n) is 7.56. The minimum Gasteiger partial charge on any atom is -0.350 e. The summed E-state index contributed by atoms with van der Waals surface area (Å²) in [7, 11) is 0. The maximum absolute atomic E-state index is 12.1. The average Bonchev–Trinajstić information content (AvgIpc) is 3.07. The Morgan fingerprint density at radius 1 is 1.26 bits per heavy atom. The molecule has 1 fully saturated rings. The summed E-state index contributed by atoms with van der Waals surface area (Å²) in [5.74, 6) is 0.0315. The number of nitrogens with zero attached hydrogens (tertiary/aromatic N) is 2. The van der Waals surface area contributed by atoms with Gasteiger partial charge in [0.05, 0.1) is 0 Å². The van der Waals surface area contributed by atoms with Crippen molar-refractivity contribution >= 4 is 18.3 Å². The molecule has 3 rings (SSSR count). The van der Waals surface area contributed by atoms with Crippen LogP contribution >= 0.6 is 12.4 Å². The van der Waals surface area contributed by atoms with Crippen molar-refractivity contribution in [1.29, 1.82) is 0 Å². The van der Waals surface area contributed by atoms with Gasteiger partial charge in [-0.05, 0) is 0 Å². The summed E-state index contributed by atoms with van der Waals surface area (Å²) in [5, 5.41) is 10.1. The molecule has 1 amide bonds. The second-order valence-corrected chi connectivity index (χ2v) is 5.29. The monoisotopic (exact) mass is 336 g/mol. The minimum absolute atomic E-state index is 0. The number of aromatic nitrogens is 1. The van der Waals surface area contributed by atoms with Gasteiger partial charge in [-0.25, -0.2) is 0 Å². The van der Waals surface area contributed by atoms with Crippen LogP contribution in [0.25, 0.3) is 11.3 Å². The van der Waals surface area contributed by atoms with Gasteiger partial charge in [-0.3, -0.25) is 9.69 Å². The van der Waals surface area contributed by atoms with Crippen LogP contribution in [0, 0.1) is 0 Å². The molecule has 2 aromatic rings. The van der Waals surface area contributed by atoms with Gasteiger partial charge in [-0.1, -0.05) is 35.5 Å². The van der Waals surface area contributed by atoms with Crippen molar-refractivity contribution in [3.8, 4) is 11.3 Å². The standard InChI is InChI=1S/C16H20N4O2.ClH/c21-16(18-8-11-20-9-6-17-7-10-20)15-12-14(19-22-15)13-4-2-1-3-5-13;/h1-5,12,17H,6-11H2,(H,18,21);1H. The lowest BCUT2D eigenvalue weighted by Crippen LogP contribution is -2.46. The molecule has 1 aliphatic heterocycles. The normalized spacial score (nSPS) is 15.0. The topological polar surface area (TPSA) is 70.4 Å². The predicted octanol–water partition coefficient (Wildman–Crippen LogP) is 1.40. The third-order valence-electron chi connectivity index (χ3n) is 3.73. The molecular weight excluding hydrogens is 316 g/mol. The zero-order valence-corrected chi connectivity index (χ0v) is 13.6. The molecule has 1 aromatic carbocycles. The Labute approximate surface area is 141 Å². The minimum atomic E-state index is -0.218. The van der Waals surface area contributed by atoms with Crippen molar-refractivity contribution in [3.05, 3.63) is 42.2 Å². The summed E-state index contributed by atoms with van der Waals surface area (Å²) >= 11 is 0. The van der Waals surface area contributed by atoms with E-state index in [0.717, 1.165) is 38.3 Å². The van der Waals surface area contributed by atoms with Crippen LogP contribution in [0.5, 0.6) is 0 Å². The molecule has 2 N–H and O–H groups in total. The third-order valence-corrected chi connectivity index (χ3v) is 3.73. The Hall–Kier alpha value is -1.89. The summed E-state index contributed by atoms with van der Waals surface area (Å²) in [4.78, 5) is 14.4. The Kier molecular flexibility index (Phi) is 6.58. The predicted molar refractivity (Wildman–Crippen MR) is 90.8 cm³/mol. The van der Waals surface area contributed by atoms with Crippen molar-refractivity contribution in [2.45, 2.75) is 0 Å². The summed E-state index contributed by atoms with van der Waals surface area (Å²) in [6.45, 7) is 5.53. The first-order chi connectivity index (χ1) is 10.8. The second-order valence-electron chi connectivity index (χ2n) is 5.29. The van der Waals surface area contributed by atoms with E-state index in [0.29, 0.717) is 12.2 Å². The van der Waals surface area contributed by atoms with Crippen LogP contribution in [-0.4, -0.2) is 55.2 Å². The van der Waals surface area contributed by atoms with E-state index in [2.05, 4.69) is 20.7 Å². The van der Waals surface area contributed by atoms with Crippen LogP contribution < -0.4 is 10.6 Å². The molecule has 2 heterocycles. The highest BCUT2D eigenvalue weighted by Crippen LogP contribution is 2.18. The summed E-state index contributed by atoms with van der Waals surface area (Å²) < 4.78 is 5.14. The molecule has 1 aromatic heterocycles. The van der Waals surface area contributed by atoms with Crippen LogP contribution in [0.1, 0.15) is 10.6 Å². The lowest BCUT2D eigenvalue weighted by atomic mass is 10.1. The Morgan fingerprint density at radius 3 is 2.74 bits per heavy atom. The molecule has 0 atom stereocenters. The fourth-order valence-electron chi connectivity index (χ4n) is 2.48. The van der Waals surface area contributed by atoms with Gasteiger partial charge in [0.2, 0.25) is 5.76 Å². The van der Waals surface area contributed by atoms with Crippen molar-refractivity contribution in [2.75, 3.05) is 39.3 Å². The highest BCUT2D eigenvalue weighted by molar-refractivity contribution is 5.92. The van der Waals surface area contributed by atoms with E-state index in [4.69, 9.17) is 4.52 Å². The number of halogens is 1. The fourth-order valence-corrected chi connectivity index (χ4v) is 2.48. The fraction of sp³-hybridized carbons (Fsp3) is 0.375. The molecule has 0 aliphatic carbocycles. The van der Waals surface area contributed by atoms with Crippen molar-refractivity contribution in [3.63, 3.8) is 0 Å². The highest BCUT2D eigenvalue weighted by Gasteiger charge is 2.14. The number of amides is 1. The van der Waals surface area contributed by atoms with E-state index in [1.165, 1.54) is 0 Å². The molecule has 0 spiro atoms. The molecule has 1 aliphatic rings. The lowest BCUT2D eigenvalue weighted by molar-refractivity contribution is 0.0910. The van der Waals surface area contributed by atoms with Gasteiger partial charge < -0.3 is 15.2 Å². The van der Waals surface area contributed by atoms with E-state index in [-0.39, 0.29) is 24.1 Å². The second kappa shape index (κ2) is 8.67. The molecule has 0 saturated carbocycles. The number of rotatable bonds is 5. The van der Waals surface area contributed by atoms with Crippen LogP contribution in [0.3, 0.4) is 0 Å². The number of hydrogen-bond acceptors (Lipinski definition) is 5. The molecule has 23 heavy (non-hydrogen) atoms. The van der Waals surface area contributed by atoms with E-state index in [1.54, 1.807) is 6.07 Å². The smallest absolute Gasteiger partial charge is 0.289 e. The Balaban J connectivity index is 0.00000192. The molecule has 0 bridgehead atoms. The average molecular weight is 337 g/mol. The molecular formula is C16H21ClN4O2. The van der Waals surface area contributed by atoms with E-state index in [9.17, 15) is 4.79 Å². The van der Waals surface area contributed by atoms with Gasteiger partial charge in [-0.15, -0.1) is 12.4 Å². The maximum atomic E-state index is 12.1. The van der Waals surface area contributed by atoms with Gasteiger partial charge in [0.25, 0.3) is 5.91 Å². The van der Waals surface area contributed by atoms with Crippen LogP contribution in [0.15, 0.2) is 40.9 Å². The van der Waals surface area contributed by atoms with Crippen LogP contribution in [0.2, 0.25) is 0 Å². The summed E-state index contributed by atoms with van der Waals surface area (Å²) in [6.07, 6.45) is 0. The van der Waals surface area contributed by atoms with E-state index >= 15 is 0 Å². The number of piperazine rings is 1. The Bertz CT molecular complexity index is 612. The first kappa shape index (κ1) is 17.5. The number of carbonyl (C=O) groups excluding carboxylic acids is 1. The molecule has 1 saturated heterocycles. The summed E-state index contributed by atoms with van der Waals surface area (Å²) in [6, 6.07) is 11.3.